The molecule has 0 aliphatic heterocycles. The summed E-state index contributed by atoms with van der Waals surface area (Å²) in [6.45, 7) is 6.04. The number of hydrogen-bond acceptors (Lipinski definition) is 5. The highest BCUT2D eigenvalue weighted by Crippen LogP contribution is 2.19. The van der Waals surface area contributed by atoms with Gasteiger partial charge in [-0.3, -0.25) is 15.4 Å². The van der Waals surface area contributed by atoms with Crippen molar-refractivity contribution in [3.8, 4) is 5.75 Å². The molecule has 2 N–H and O–H groups in total. The molecule has 0 fully saturated rings. The summed E-state index contributed by atoms with van der Waals surface area (Å²) < 4.78 is 5.70. The molecule has 0 spiro atoms. The van der Waals surface area contributed by atoms with Gasteiger partial charge >= 0.3 is 0 Å². The van der Waals surface area contributed by atoms with Crippen molar-refractivity contribution in [2.75, 3.05) is 0 Å². The largest absolute Gasteiger partial charge is 0.489 e. The van der Waals surface area contributed by atoms with Crippen LogP contribution in [0.15, 0.2) is 48.5 Å². The second kappa shape index (κ2) is 8.09. The van der Waals surface area contributed by atoms with Gasteiger partial charge in [0.05, 0.1) is 4.92 Å². The van der Waals surface area contributed by atoms with E-state index in [4.69, 9.17) is 4.74 Å². The van der Waals surface area contributed by atoms with E-state index in [0.717, 1.165) is 17.5 Å². The predicted molar refractivity (Wildman–Crippen MR) is 96.5 cm³/mol. The molecule has 1 atom stereocenters. The average Bonchev–Trinajstić information content (AvgIpc) is 2.53. The number of nitrogens with one attached hydrogen (secondary N) is 1. The van der Waals surface area contributed by atoms with E-state index < -0.39 is 11.2 Å². The molecule has 6 heteroatoms. The van der Waals surface area contributed by atoms with Crippen LogP contribution in [0.3, 0.4) is 0 Å². The Hall–Kier alpha value is -2.44. The van der Waals surface area contributed by atoms with Crippen molar-refractivity contribution in [1.29, 1.82) is 0 Å². The van der Waals surface area contributed by atoms with Crippen molar-refractivity contribution < 1.29 is 14.8 Å². The first-order valence-electron chi connectivity index (χ1n) is 8.16. The maximum absolute atomic E-state index is 10.8. The van der Waals surface area contributed by atoms with Crippen LogP contribution in [0, 0.1) is 10.1 Å². The van der Waals surface area contributed by atoms with E-state index in [2.05, 4.69) is 5.32 Å². The second-order valence-electron chi connectivity index (χ2n) is 6.74. The zero-order chi connectivity index (χ0) is 18.4. The van der Waals surface area contributed by atoms with E-state index in [9.17, 15) is 15.2 Å². The van der Waals surface area contributed by atoms with Crippen molar-refractivity contribution in [1.82, 2.24) is 5.32 Å². The molecule has 0 aliphatic rings. The lowest BCUT2D eigenvalue weighted by Gasteiger charge is -2.28. The normalized spacial score (nSPS) is 12.6. The van der Waals surface area contributed by atoms with E-state index in [1.165, 1.54) is 12.1 Å². The molecule has 0 saturated heterocycles. The minimum atomic E-state index is -0.562. The van der Waals surface area contributed by atoms with E-state index in [-0.39, 0.29) is 17.8 Å². The van der Waals surface area contributed by atoms with E-state index >= 15 is 0 Å². The molecule has 0 aromatic heterocycles. The van der Waals surface area contributed by atoms with Crippen molar-refractivity contribution >= 4 is 5.69 Å². The molecular formula is C19H24N2O4. The van der Waals surface area contributed by atoms with Crippen molar-refractivity contribution in [2.45, 2.75) is 45.6 Å². The van der Waals surface area contributed by atoms with Gasteiger partial charge in [-0.25, -0.2) is 0 Å². The molecule has 1 unspecified atom stereocenters. The third kappa shape index (κ3) is 6.17. The lowest BCUT2D eigenvalue weighted by Crippen LogP contribution is -2.46. The van der Waals surface area contributed by atoms with Gasteiger partial charge in [0, 0.05) is 17.7 Å². The number of ether oxygens (including phenoxy) is 1. The summed E-state index contributed by atoms with van der Waals surface area (Å²) in [5.74, 6) is 0.705. The molecule has 6 nitrogen and oxygen atoms in total. The highest BCUT2D eigenvalue weighted by molar-refractivity contribution is 5.34. The Morgan fingerprint density at radius 2 is 1.88 bits per heavy atom. The van der Waals surface area contributed by atoms with Gasteiger partial charge in [0.2, 0.25) is 0 Å². The van der Waals surface area contributed by atoms with Crippen molar-refractivity contribution in [3.63, 3.8) is 0 Å². The summed E-state index contributed by atoms with van der Waals surface area (Å²) in [6, 6.07) is 14.1. The minimum Gasteiger partial charge on any atom is -0.489 e. The molecule has 0 bridgehead atoms. The second-order valence-corrected chi connectivity index (χ2v) is 6.74. The minimum absolute atomic E-state index is 0.0595. The Labute approximate surface area is 147 Å². The van der Waals surface area contributed by atoms with Crippen LogP contribution in [-0.2, 0) is 13.0 Å². The Kier molecular flexibility index (Phi) is 6.12. The van der Waals surface area contributed by atoms with Crippen LogP contribution in [0.25, 0.3) is 0 Å². The third-order valence-electron chi connectivity index (χ3n) is 3.70. The summed E-state index contributed by atoms with van der Waals surface area (Å²) in [6.07, 6.45) is 0.204. The molecule has 2 aromatic rings. The Balaban J connectivity index is 1.94. The third-order valence-corrected chi connectivity index (χ3v) is 3.70. The average molecular weight is 344 g/mol. The lowest BCUT2D eigenvalue weighted by molar-refractivity contribution is -0.384. The smallest absolute Gasteiger partial charge is 0.269 e. The van der Waals surface area contributed by atoms with Crippen LogP contribution in [0.1, 0.15) is 31.9 Å². The highest BCUT2D eigenvalue weighted by Gasteiger charge is 2.19. The van der Waals surface area contributed by atoms with E-state index in [0.29, 0.717) is 5.75 Å². The first-order valence-corrected chi connectivity index (χ1v) is 8.16. The van der Waals surface area contributed by atoms with Gasteiger partial charge < -0.3 is 9.84 Å². The number of aliphatic hydroxyl groups excluding tert-OH is 1. The van der Waals surface area contributed by atoms with Gasteiger partial charge in [0.1, 0.15) is 18.6 Å². The summed E-state index contributed by atoms with van der Waals surface area (Å²) in [5.41, 5.74) is 1.71. The fourth-order valence-corrected chi connectivity index (χ4v) is 2.76. The molecular weight excluding hydrogens is 320 g/mol. The Bertz CT molecular complexity index is 712. The fraction of sp³-hybridized carbons (Fsp3) is 0.368. The first kappa shape index (κ1) is 18.9. The fourth-order valence-electron chi connectivity index (χ4n) is 2.76. The summed E-state index contributed by atoms with van der Waals surface area (Å²) in [4.78, 5) is 10.4. The molecule has 2 aromatic carbocycles. The van der Waals surface area contributed by atoms with Gasteiger partial charge in [-0.05, 0) is 50.5 Å². The van der Waals surface area contributed by atoms with Crippen molar-refractivity contribution in [2.24, 2.45) is 0 Å². The maximum atomic E-state index is 10.8. The van der Waals surface area contributed by atoms with Crippen LogP contribution in [0.4, 0.5) is 5.69 Å². The Morgan fingerprint density at radius 1 is 1.20 bits per heavy atom. The quantitative estimate of drug-likeness (QED) is 0.435. The monoisotopic (exact) mass is 344 g/mol. The molecule has 2 rings (SSSR count). The lowest BCUT2D eigenvalue weighted by atomic mass is 9.95. The van der Waals surface area contributed by atoms with E-state index in [1.54, 1.807) is 19.1 Å². The molecule has 134 valence electrons. The number of nitro groups is 1. The number of benzene rings is 2. The first-order chi connectivity index (χ1) is 11.7. The summed E-state index contributed by atoms with van der Waals surface area (Å²) in [5, 5.41) is 23.4. The van der Waals surface area contributed by atoms with Crippen LogP contribution in [0.5, 0.6) is 5.75 Å². The van der Waals surface area contributed by atoms with Gasteiger partial charge in [-0.2, -0.15) is 0 Å². The zero-order valence-corrected chi connectivity index (χ0v) is 14.7. The highest BCUT2D eigenvalue weighted by atomic mass is 16.6. The molecule has 0 amide bonds. The number of nitro benzene ring substituents is 1. The molecule has 0 radical (unpaired) electrons. The Morgan fingerprint density at radius 3 is 2.48 bits per heavy atom. The zero-order valence-electron chi connectivity index (χ0n) is 14.7. The van der Waals surface area contributed by atoms with Crippen molar-refractivity contribution in [3.05, 3.63) is 69.8 Å². The summed E-state index contributed by atoms with van der Waals surface area (Å²) >= 11 is 0. The van der Waals surface area contributed by atoms with Gasteiger partial charge in [-0.1, -0.05) is 24.3 Å². The van der Waals surface area contributed by atoms with Gasteiger partial charge in [-0.15, -0.1) is 0 Å². The number of aliphatic hydroxyl groups is 1. The molecule has 25 heavy (non-hydrogen) atoms. The predicted octanol–water partition coefficient (Wildman–Crippen LogP) is 3.42. The molecule has 0 heterocycles. The number of non-ortho nitro benzene ring substituents is 1. The van der Waals surface area contributed by atoms with E-state index in [1.807, 2.05) is 38.1 Å². The maximum Gasteiger partial charge on any atom is 0.269 e. The number of hydrogen-bond donors (Lipinski definition) is 2. The van der Waals surface area contributed by atoms with Crippen LogP contribution in [-0.4, -0.2) is 21.8 Å². The number of nitrogens with zero attached hydrogens (tertiary/aromatic N) is 1. The van der Waals surface area contributed by atoms with Crippen LogP contribution < -0.4 is 10.1 Å². The number of rotatable bonds is 8. The SMILES string of the molecule is CC(O)NC(C)(C)Cc1ccc(OCc2cccc([N+](=O)[O-])c2)cc1. The van der Waals surface area contributed by atoms with Gasteiger partial charge in [0.25, 0.3) is 5.69 Å². The standard InChI is InChI=1S/C19H24N2O4/c1-14(22)20-19(2,3)12-15-7-9-18(10-8-15)25-13-16-5-4-6-17(11-16)21(23)24/h4-11,14,20,22H,12-13H2,1-3H3. The van der Waals surface area contributed by atoms with Gasteiger partial charge in [0.15, 0.2) is 0 Å². The van der Waals surface area contributed by atoms with Crippen LogP contribution in [0.2, 0.25) is 0 Å². The summed E-state index contributed by atoms with van der Waals surface area (Å²) in [7, 11) is 0. The molecule has 0 saturated carbocycles. The topological polar surface area (TPSA) is 84.6 Å². The molecule has 0 aliphatic carbocycles. The van der Waals surface area contributed by atoms with Crippen LogP contribution >= 0.6 is 0 Å².